The molecule has 1 heterocycles. The van der Waals surface area contributed by atoms with E-state index in [1.165, 1.54) is 12.1 Å². The molecule has 1 aliphatic heterocycles. The van der Waals surface area contributed by atoms with Gasteiger partial charge in [-0.25, -0.2) is 8.42 Å². The number of nitriles is 1. The minimum absolute atomic E-state index is 0.00767. The average Bonchev–Trinajstić information content (AvgIpc) is 2.79. The summed E-state index contributed by atoms with van der Waals surface area (Å²) >= 11 is 0. The average molecular weight is 236 g/mol. The van der Waals surface area contributed by atoms with Gasteiger partial charge in [-0.2, -0.15) is 5.26 Å². The van der Waals surface area contributed by atoms with Crippen LogP contribution in [0.1, 0.15) is 6.42 Å². The lowest BCUT2D eigenvalue weighted by molar-refractivity contribution is 0.125. The molecule has 0 N–H and O–H groups in total. The Labute approximate surface area is 92.9 Å². The van der Waals surface area contributed by atoms with Gasteiger partial charge in [-0.1, -0.05) is 23.4 Å². The molecule has 1 aliphatic rings. The normalized spacial score (nSPS) is 19.7. The van der Waals surface area contributed by atoms with Gasteiger partial charge >= 0.3 is 0 Å². The van der Waals surface area contributed by atoms with E-state index >= 15 is 0 Å². The summed E-state index contributed by atoms with van der Waals surface area (Å²) in [6, 6.07) is 9.77. The first-order valence-corrected chi connectivity index (χ1v) is 6.05. The first-order chi connectivity index (χ1) is 7.64. The number of benzene rings is 1. The number of rotatable bonds is 1. The third-order valence-electron chi connectivity index (χ3n) is 2.15. The van der Waals surface area contributed by atoms with E-state index < -0.39 is 15.9 Å². The molecule has 5 nitrogen and oxygen atoms in total. The summed E-state index contributed by atoms with van der Waals surface area (Å²) in [5, 5.41) is 11.9. The van der Waals surface area contributed by atoms with Crippen LogP contribution in [-0.2, 0) is 14.7 Å². The van der Waals surface area contributed by atoms with E-state index in [9.17, 15) is 8.42 Å². The zero-order chi connectivity index (χ0) is 11.6. The standard InChI is InChI=1S/C10H8N2O3S/c11-7-8-6-10(12-15-8)16(13,14)9-4-2-1-3-5-9/h1-5,8H,6H2. The van der Waals surface area contributed by atoms with Crippen molar-refractivity contribution >= 4 is 14.9 Å². The van der Waals surface area contributed by atoms with Gasteiger partial charge in [-0.3, -0.25) is 0 Å². The van der Waals surface area contributed by atoms with Crippen LogP contribution < -0.4 is 0 Å². The van der Waals surface area contributed by atoms with Crippen LogP contribution in [-0.4, -0.2) is 19.6 Å². The Morgan fingerprint density at radius 3 is 2.62 bits per heavy atom. The Hall–Kier alpha value is -1.87. The highest BCUT2D eigenvalue weighted by Crippen LogP contribution is 2.20. The molecule has 0 aromatic heterocycles. The predicted molar refractivity (Wildman–Crippen MR) is 56.2 cm³/mol. The van der Waals surface area contributed by atoms with E-state index in [0.717, 1.165) is 0 Å². The Morgan fingerprint density at radius 2 is 2.06 bits per heavy atom. The molecule has 0 spiro atoms. The molecule has 0 saturated heterocycles. The van der Waals surface area contributed by atoms with Crippen LogP contribution in [0.5, 0.6) is 0 Å². The maximum atomic E-state index is 12.0. The number of hydrogen-bond donors (Lipinski definition) is 0. The van der Waals surface area contributed by atoms with Crippen molar-refractivity contribution in [3.8, 4) is 6.07 Å². The third kappa shape index (κ3) is 1.77. The van der Waals surface area contributed by atoms with E-state index in [1.807, 2.05) is 6.07 Å². The van der Waals surface area contributed by atoms with Crippen LogP contribution in [0.15, 0.2) is 40.4 Å². The Balaban J connectivity index is 2.33. The van der Waals surface area contributed by atoms with E-state index in [2.05, 4.69) is 9.99 Å². The predicted octanol–water partition coefficient (Wildman–Crippen LogP) is 1.09. The van der Waals surface area contributed by atoms with Crippen LogP contribution in [0.3, 0.4) is 0 Å². The molecule has 1 unspecified atom stereocenters. The number of hydrogen-bond acceptors (Lipinski definition) is 5. The van der Waals surface area contributed by atoms with Gasteiger partial charge in [-0.15, -0.1) is 0 Å². The van der Waals surface area contributed by atoms with Crippen LogP contribution in [0.4, 0.5) is 0 Å². The molecule has 0 amide bonds. The minimum Gasteiger partial charge on any atom is -0.376 e. The second kappa shape index (κ2) is 3.94. The summed E-state index contributed by atoms with van der Waals surface area (Å²) < 4.78 is 24.0. The molecule has 1 aromatic carbocycles. The lowest BCUT2D eigenvalue weighted by Crippen LogP contribution is -2.15. The molecule has 0 fully saturated rings. The minimum atomic E-state index is -3.61. The first-order valence-electron chi connectivity index (χ1n) is 4.57. The molecule has 1 aromatic rings. The van der Waals surface area contributed by atoms with Crippen molar-refractivity contribution in [1.82, 2.24) is 0 Å². The van der Waals surface area contributed by atoms with Crippen LogP contribution in [0.2, 0.25) is 0 Å². The van der Waals surface area contributed by atoms with Gasteiger partial charge in [-0.05, 0) is 12.1 Å². The van der Waals surface area contributed by atoms with Gasteiger partial charge in [0.2, 0.25) is 15.9 Å². The fraction of sp³-hybridized carbons (Fsp3) is 0.200. The molecule has 0 radical (unpaired) electrons. The van der Waals surface area contributed by atoms with Gasteiger partial charge in [0.1, 0.15) is 6.07 Å². The lowest BCUT2D eigenvalue weighted by Gasteiger charge is -2.01. The van der Waals surface area contributed by atoms with E-state index in [0.29, 0.717) is 0 Å². The van der Waals surface area contributed by atoms with Crippen molar-refractivity contribution in [2.75, 3.05) is 0 Å². The molecule has 0 saturated carbocycles. The number of oxime groups is 1. The third-order valence-corrected chi connectivity index (χ3v) is 3.90. The Kier molecular flexibility index (Phi) is 2.62. The van der Waals surface area contributed by atoms with E-state index in [4.69, 9.17) is 5.26 Å². The van der Waals surface area contributed by atoms with Crippen molar-refractivity contribution in [3.05, 3.63) is 30.3 Å². The van der Waals surface area contributed by atoms with Crippen LogP contribution in [0, 0.1) is 11.3 Å². The van der Waals surface area contributed by atoms with Crippen molar-refractivity contribution in [1.29, 1.82) is 5.26 Å². The highest BCUT2D eigenvalue weighted by atomic mass is 32.2. The molecule has 82 valence electrons. The zero-order valence-corrected chi connectivity index (χ0v) is 9.02. The highest BCUT2D eigenvalue weighted by Gasteiger charge is 2.31. The highest BCUT2D eigenvalue weighted by molar-refractivity contribution is 8.06. The second-order valence-corrected chi connectivity index (χ2v) is 5.18. The number of nitrogens with zero attached hydrogens (tertiary/aromatic N) is 2. The summed E-state index contributed by atoms with van der Waals surface area (Å²) in [7, 11) is -3.61. The monoisotopic (exact) mass is 236 g/mol. The lowest BCUT2D eigenvalue weighted by atomic mass is 10.3. The maximum Gasteiger partial charge on any atom is 0.223 e. The quantitative estimate of drug-likeness (QED) is 0.731. The Morgan fingerprint density at radius 1 is 1.38 bits per heavy atom. The van der Waals surface area contributed by atoms with Crippen molar-refractivity contribution < 1.29 is 13.3 Å². The summed E-state index contributed by atoms with van der Waals surface area (Å²) in [5.74, 6) is 0. The van der Waals surface area contributed by atoms with Gasteiger partial charge in [0, 0.05) is 0 Å². The first kappa shape index (κ1) is 10.6. The summed E-state index contributed by atoms with van der Waals surface area (Å²) in [4.78, 5) is 4.83. The fourth-order valence-electron chi connectivity index (χ4n) is 1.32. The molecular weight excluding hydrogens is 228 g/mol. The summed E-state index contributed by atoms with van der Waals surface area (Å²) in [6.07, 6.45) is -0.790. The molecule has 2 rings (SSSR count). The van der Waals surface area contributed by atoms with Gasteiger partial charge < -0.3 is 4.84 Å². The molecule has 0 bridgehead atoms. The van der Waals surface area contributed by atoms with Crippen molar-refractivity contribution in [3.63, 3.8) is 0 Å². The van der Waals surface area contributed by atoms with Gasteiger partial charge in [0.25, 0.3) is 0 Å². The zero-order valence-electron chi connectivity index (χ0n) is 8.20. The molecule has 0 aliphatic carbocycles. The second-order valence-electron chi connectivity index (χ2n) is 3.23. The van der Waals surface area contributed by atoms with Crippen LogP contribution in [0.25, 0.3) is 0 Å². The van der Waals surface area contributed by atoms with Crippen molar-refractivity contribution in [2.45, 2.75) is 17.4 Å². The SMILES string of the molecule is N#CC1CC(S(=O)(=O)c2ccccc2)=NO1. The van der Waals surface area contributed by atoms with E-state index in [-0.39, 0.29) is 16.4 Å². The maximum absolute atomic E-state index is 12.0. The molecular formula is C10H8N2O3S. The van der Waals surface area contributed by atoms with Crippen LogP contribution >= 0.6 is 0 Å². The van der Waals surface area contributed by atoms with E-state index in [1.54, 1.807) is 18.2 Å². The fourth-order valence-corrected chi connectivity index (χ4v) is 2.62. The topological polar surface area (TPSA) is 79.5 Å². The summed E-state index contributed by atoms with van der Waals surface area (Å²) in [6.45, 7) is 0. The smallest absolute Gasteiger partial charge is 0.223 e. The largest absolute Gasteiger partial charge is 0.376 e. The molecule has 16 heavy (non-hydrogen) atoms. The molecule has 6 heteroatoms. The summed E-state index contributed by atoms with van der Waals surface area (Å²) in [5.41, 5.74) is 0. The van der Waals surface area contributed by atoms with Gasteiger partial charge in [0.05, 0.1) is 11.3 Å². The van der Waals surface area contributed by atoms with Gasteiger partial charge in [0.15, 0.2) is 5.04 Å². The number of sulfone groups is 1. The van der Waals surface area contributed by atoms with Crippen molar-refractivity contribution in [2.24, 2.45) is 5.16 Å². The molecule has 1 atom stereocenters. The Bertz CT molecular complexity index is 557.